The molecule has 0 spiro atoms. The minimum absolute atomic E-state index is 0.123. The minimum Gasteiger partial charge on any atom is -0.383 e. The lowest BCUT2D eigenvalue weighted by Gasteiger charge is -2.09. The molecular weight excluding hydrogens is 341 g/mol. The molecule has 0 radical (unpaired) electrons. The van der Waals surface area contributed by atoms with Crippen LogP contribution in [-0.4, -0.2) is 31.1 Å². The average Bonchev–Trinajstić information content (AvgIpc) is 2.62. The molecule has 26 heavy (non-hydrogen) atoms. The SMILES string of the molecule is COCCNc1ccc(C(=O)NCc2ccc(C)c(F)c2)cc1[N+](=O)[O-]. The van der Waals surface area contributed by atoms with Gasteiger partial charge in [-0.3, -0.25) is 14.9 Å². The summed E-state index contributed by atoms with van der Waals surface area (Å²) < 4.78 is 18.4. The summed E-state index contributed by atoms with van der Waals surface area (Å²) in [5.74, 6) is -0.823. The summed E-state index contributed by atoms with van der Waals surface area (Å²) in [7, 11) is 1.53. The first-order valence-corrected chi connectivity index (χ1v) is 7.97. The highest BCUT2D eigenvalue weighted by Crippen LogP contribution is 2.25. The number of hydrogen-bond acceptors (Lipinski definition) is 5. The Bertz CT molecular complexity index is 811. The summed E-state index contributed by atoms with van der Waals surface area (Å²) in [4.78, 5) is 22.9. The van der Waals surface area contributed by atoms with Crippen LogP contribution in [0.2, 0.25) is 0 Å². The van der Waals surface area contributed by atoms with Crippen molar-refractivity contribution in [2.24, 2.45) is 0 Å². The van der Waals surface area contributed by atoms with Crippen molar-refractivity contribution >= 4 is 17.3 Å². The van der Waals surface area contributed by atoms with Crippen LogP contribution < -0.4 is 10.6 Å². The van der Waals surface area contributed by atoms with Gasteiger partial charge in [0.05, 0.1) is 11.5 Å². The highest BCUT2D eigenvalue weighted by Gasteiger charge is 2.17. The lowest BCUT2D eigenvalue weighted by molar-refractivity contribution is -0.384. The van der Waals surface area contributed by atoms with Crippen LogP contribution in [0.1, 0.15) is 21.5 Å². The summed E-state index contributed by atoms with van der Waals surface area (Å²) in [6, 6.07) is 8.87. The second-order valence-electron chi connectivity index (χ2n) is 5.67. The van der Waals surface area contributed by atoms with Crippen LogP contribution in [0.25, 0.3) is 0 Å². The molecule has 0 atom stereocenters. The van der Waals surface area contributed by atoms with Crippen molar-refractivity contribution in [2.45, 2.75) is 13.5 Å². The van der Waals surface area contributed by atoms with E-state index in [9.17, 15) is 19.3 Å². The topological polar surface area (TPSA) is 93.5 Å². The Balaban J connectivity index is 2.09. The zero-order chi connectivity index (χ0) is 19.1. The molecule has 0 aliphatic rings. The molecule has 2 rings (SSSR count). The van der Waals surface area contributed by atoms with Crippen molar-refractivity contribution in [2.75, 3.05) is 25.6 Å². The number of carbonyl (C=O) groups excluding carboxylic acids is 1. The molecule has 0 aliphatic carbocycles. The molecular formula is C18H20FN3O4. The van der Waals surface area contributed by atoms with Gasteiger partial charge in [0, 0.05) is 31.8 Å². The molecule has 7 nitrogen and oxygen atoms in total. The molecule has 0 aliphatic heterocycles. The number of anilines is 1. The summed E-state index contributed by atoms with van der Waals surface area (Å²) >= 11 is 0. The largest absolute Gasteiger partial charge is 0.383 e. The first-order valence-electron chi connectivity index (χ1n) is 7.97. The van der Waals surface area contributed by atoms with Gasteiger partial charge in [-0.05, 0) is 36.2 Å². The van der Waals surface area contributed by atoms with E-state index in [1.807, 2.05) is 0 Å². The molecule has 138 valence electrons. The third-order valence-corrected chi connectivity index (χ3v) is 3.77. The van der Waals surface area contributed by atoms with E-state index in [4.69, 9.17) is 4.74 Å². The Hall–Kier alpha value is -3.00. The predicted octanol–water partition coefficient (Wildman–Crippen LogP) is 3.03. The molecule has 0 bridgehead atoms. The first-order chi connectivity index (χ1) is 12.4. The molecule has 0 unspecified atom stereocenters. The fourth-order valence-electron chi connectivity index (χ4n) is 2.29. The van der Waals surface area contributed by atoms with Crippen LogP contribution in [-0.2, 0) is 11.3 Å². The van der Waals surface area contributed by atoms with Gasteiger partial charge in [0.25, 0.3) is 11.6 Å². The number of nitrogens with zero attached hydrogens (tertiary/aromatic N) is 1. The number of methoxy groups -OCH3 is 1. The van der Waals surface area contributed by atoms with Crippen LogP contribution in [0.15, 0.2) is 36.4 Å². The number of halogens is 1. The zero-order valence-corrected chi connectivity index (χ0v) is 14.5. The highest BCUT2D eigenvalue weighted by atomic mass is 19.1. The highest BCUT2D eigenvalue weighted by molar-refractivity contribution is 5.95. The molecule has 1 amide bonds. The lowest BCUT2D eigenvalue weighted by Crippen LogP contribution is -2.23. The van der Waals surface area contributed by atoms with Crippen molar-refractivity contribution in [1.29, 1.82) is 0 Å². The van der Waals surface area contributed by atoms with E-state index in [1.165, 1.54) is 31.4 Å². The van der Waals surface area contributed by atoms with Gasteiger partial charge >= 0.3 is 0 Å². The Morgan fingerprint density at radius 3 is 2.69 bits per heavy atom. The van der Waals surface area contributed by atoms with Crippen molar-refractivity contribution in [3.8, 4) is 0 Å². The molecule has 0 saturated carbocycles. The number of nitrogens with one attached hydrogen (secondary N) is 2. The Morgan fingerprint density at radius 1 is 1.27 bits per heavy atom. The van der Waals surface area contributed by atoms with Crippen molar-refractivity contribution in [3.63, 3.8) is 0 Å². The monoisotopic (exact) mass is 361 g/mol. The number of aryl methyl sites for hydroxylation is 1. The standard InChI is InChI=1S/C18H20FN3O4/c1-12-3-4-13(9-15(12)19)11-21-18(23)14-5-6-16(20-7-8-26-2)17(10-14)22(24)25/h3-6,9-10,20H,7-8,11H2,1-2H3,(H,21,23). The normalized spacial score (nSPS) is 10.4. The van der Waals surface area contributed by atoms with Gasteiger partial charge in [0.2, 0.25) is 0 Å². The molecule has 8 heteroatoms. The Morgan fingerprint density at radius 2 is 2.04 bits per heavy atom. The van der Waals surface area contributed by atoms with Gasteiger partial charge in [-0.15, -0.1) is 0 Å². The van der Waals surface area contributed by atoms with Crippen LogP contribution in [0.3, 0.4) is 0 Å². The van der Waals surface area contributed by atoms with Gasteiger partial charge in [0.1, 0.15) is 11.5 Å². The van der Waals surface area contributed by atoms with E-state index >= 15 is 0 Å². The number of amides is 1. The van der Waals surface area contributed by atoms with E-state index in [-0.39, 0.29) is 23.6 Å². The number of benzene rings is 2. The smallest absolute Gasteiger partial charge is 0.293 e. The third-order valence-electron chi connectivity index (χ3n) is 3.77. The molecule has 0 aromatic heterocycles. The predicted molar refractivity (Wildman–Crippen MR) is 95.8 cm³/mol. The molecule has 0 saturated heterocycles. The maximum absolute atomic E-state index is 13.5. The van der Waals surface area contributed by atoms with E-state index in [1.54, 1.807) is 19.1 Å². The van der Waals surface area contributed by atoms with Crippen LogP contribution in [0, 0.1) is 22.9 Å². The lowest BCUT2D eigenvalue weighted by atomic mass is 10.1. The number of rotatable bonds is 8. The number of hydrogen-bond donors (Lipinski definition) is 2. The van der Waals surface area contributed by atoms with Crippen molar-refractivity contribution in [3.05, 3.63) is 69.0 Å². The maximum atomic E-state index is 13.5. The molecule has 0 heterocycles. The van der Waals surface area contributed by atoms with Gasteiger partial charge in [-0.25, -0.2) is 4.39 Å². The van der Waals surface area contributed by atoms with E-state index in [0.717, 1.165) is 0 Å². The minimum atomic E-state index is -0.554. The fraction of sp³-hybridized carbons (Fsp3) is 0.278. The molecule has 2 aromatic carbocycles. The summed E-state index contributed by atoms with van der Waals surface area (Å²) in [5.41, 5.74) is 1.39. The average molecular weight is 361 g/mol. The van der Waals surface area contributed by atoms with Crippen molar-refractivity contribution < 1.29 is 18.8 Å². The van der Waals surface area contributed by atoms with E-state index < -0.39 is 10.8 Å². The van der Waals surface area contributed by atoms with Gasteiger partial charge in [-0.2, -0.15) is 0 Å². The molecule has 0 fully saturated rings. The fourth-order valence-corrected chi connectivity index (χ4v) is 2.29. The van der Waals surface area contributed by atoms with Gasteiger partial charge in [-0.1, -0.05) is 12.1 Å². The van der Waals surface area contributed by atoms with Gasteiger partial charge < -0.3 is 15.4 Å². The second-order valence-corrected chi connectivity index (χ2v) is 5.67. The number of ether oxygens (including phenoxy) is 1. The summed E-state index contributed by atoms with van der Waals surface area (Å²) in [6.07, 6.45) is 0. The van der Waals surface area contributed by atoms with E-state index in [2.05, 4.69) is 10.6 Å². The Labute approximate surface area is 150 Å². The zero-order valence-electron chi connectivity index (χ0n) is 14.5. The second kappa shape index (κ2) is 8.91. The first kappa shape index (κ1) is 19.3. The van der Waals surface area contributed by atoms with Crippen molar-refractivity contribution in [1.82, 2.24) is 5.32 Å². The van der Waals surface area contributed by atoms with E-state index in [0.29, 0.717) is 30.0 Å². The van der Waals surface area contributed by atoms with Crippen LogP contribution in [0.4, 0.5) is 15.8 Å². The summed E-state index contributed by atoms with van der Waals surface area (Å²) in [6.45, 7) is 2.57. The van der Waals surface area contributed by atoms with Gasteiger partial charge in [0.15, 0.2) is 0 Å². The number of nitro groups is 1. The summed E-state index contributed by atoms with van der Waals surface area (Å²) in [5, 5.41) is 16.8. The Kier molecular flexibility index (Phi) is 6.62. The van der Waals surface area contributed by atoms with Crippen LogP contribution >= 0.6 is 0 Å². The number of nitro benzene ring substituents is 1. The van der Waals surface area contributed by atoms with Crippen LogP contribution in [0.5, 0.6) is 0 Å². The molecule has 2 aromatic rings. The quantitative estimate of drug-likeness (QED) is 0.428. The molecule has 2 N–H and O–H groups in total. The third kappa shape index (κ3) is 5.00. The number of carbonyl (C=O) groups is 1. The maximum Gasteiger partial charge on any atom is 0.293 e.